The van der Waals surface area contributed by atoms with Gasteiger partial charge < -0.3 is 13.7 Å². The molecular formula is C50H29N5. The summed E-state index contributed by atoms with van der Waals surface area (Å²) in [4.78, 5) is 0. The van der Waals surface area contributed by atoms with Crippen molar-refractivity contribution in [1.82, 2.24) is 13.7 Å². The number of benzene rings is 8. The van der Waals surface area contributed by atoms with Gasteiger partial charge in [0.1, 0.15) is 6.07 Å². The molecule has 0 spiro atoms. The standard InChI is InChI=1S/C50H29N5/c51-30-34-10-9-19-48-50(34)42-14-4-8-18-47(42)53(48)36-23-20-32(21-24-36)33-22-27-43(35(28-33)31-52)55-46-17-7-3-13-40(46)41-26-25-37(29-49(41)55)54-44-15-5-1-11-38(44)39-12-2-6-16-45(39)54/h1-29H. The van der Waals surface area contributed by atoms with Crippen LogP contribution in [0.2, 0.25) is 0 Å². The van der Waals surface area contributed by atoms with Crippen molar-refractivity contribution in [3.05, 3.63) is 187 Å². The first-order valence-corrected chi connectivity index (χ1v) is 18.3. The van der Waals surface area contributed by atoms with Crippen LogP contribution in [0.25, 0.3) is 93.6 Å². The first-order valence-electron chi connectivity index (χ1n) is 18.3. The molecule has 0 unspecified atom stereocenters. The highest BCUT2D eigenvalue weighted by Crippen LogP contribution is 2.39. The van der Waals surface area contributed by atoms with E-state index in [-0.39, 0.29) is 0 Å². The van der Waals surface area contributed by atoms with E-state index in [2.05, 4.69) is 171 Å². The zero-order valence-electron chi connectivity index (χ0n) is 29.5. The van der Waals surface area contributed by atoms with Gasteiger partial charge in [-0.1, -0.05) is 103 Å². The summed E-state index contributed by atoms with van der Waals surface area (Å²) < 4.78 is 6.80. The average molecular weight is 700 g/mol. The molecule has 11 aromatic rings. The van der Waals surface area contributed by atoms with E-state index in [1.807, 2.05) is 30.3 Å². The lowest BCUT2D eigenvalue weighted by Gasteiger charge is -2.14. The van der Waals surface area contributed by atoms with Gasteiger partial charge in [0.2, 0.25) is 0 Å². The molecule has 0 saturated heterocycles. The summed E-state index contributed by atoms with van der Waals surface area (Å²) in [7, 11) is 0. The molecule has 11 rings (SSSR count). The van der Waals surface area contributed by atoms with Crippen molar-refractivity contribution in [1.29, 1.82) is 10.5 Å². The fourth-order valence-corrected chi connectivity index (χ4v) is 8.75. The van der Waals surface area contributed by atoms with Crippen molar-refractivity contribution in [3.8, 4) is 40.3 Å². The maximum atomic E-state index is 10.7. The SMILES string of the molecule is N#Cc1cc(-c2ccc(-n3c4ccccc4c4c(C#N)cccc43)cc2)ccc1-n1c2ccccc2c2ccc(-n3c4ccccc4c4ccccc43)cc21. The third-order valence-electron chi connectivity index (χ3n) is 11.1. The topological polar surface area (TPSA) is 62.4 Å². The minimum Gasteiger partial charge on any atom is -0.309 e. The Balaban J connectivity index is 1.05. The second-order valence-electron chi connectivity index (χ2n) is 14.0. The maximum Gasteiger partial charge on any atom is 0.101 e. The third-order valence-corrected chi connectivity index (χ3v) is 11.1. The molecule has 0 saturated carbocycles. The van der Waals surface area contributed by atoms with Gasteiger partial charge in [-0.2, -0.15) is 10.5 Å². The monoisotopic (exact) mass is 699 g/mol. The van der Waals surface area contributed by atoms with Gasteiger partial charge in [-0.3, -0.25) is 0 Å². The highest BCUT2D eigenvalue weighted by molar-refractivity contribution is 6.13. The van der Waals surface area contributed by atoms with Crippen molar-refractivity contribution < 1.29 is 0 Å². The van der Waals surface area contributed by atoms with Gasteiger partial charge in [0, 0.05) is 43.7 Å². The Morgan fingerprint density at radius 1 is 0.327 bits per heavy atom. The Kier molecular flexibility index (Phi) is 6.61. The van der Waals surface area contributed by atoms with Crippen LogP contribution in [0.4, 0.5) is 0 Å². The van der Waals surface area contributed by atoms with Crippen LogP contribution >= 0.6 is 0 Å². The third kappa shape index (κ3) is 4.45. The van der Waals surface area contributed by atoms with Crippen LogP contribution in [-0.4, -0.2) is 13.7 Å². The fraction of sp³-hybridized carbons (Fsp3) is 0. The summed E-state index contributed by atoms with van der Waals surface area (Å²) in [5.74, 6) is 0. The number of nitrogens with zero attached hydrogens (tertiary/aromatic N) is 5. The van der Waals surface area contributed by atoms with E-state index in [1.165, 1.54) is 10.8 Å². The average Bonchev–Trinajstić information content (AvgIpc) is 3.89. The molecule has 0 aliphatic carbocycles. The molecule has 0 aliphatic rings. The van der Waals surface area contributed by atoms with Crippen molar-refractivity contribution in [2.24, 2.45) is 0 Å². The Hall–Kier alpha value is -7.86. The predicted octanol–water partition coefficient (Wildman–Crippen LogP) is 12.4. The van der Waals surface area contributed by atoms with Crippen molar-refractivity contribution in [2.45, 2.75) is 0 Å². The number of nitriles is 2. The van der Waals surface area contributed by atoms with Crippen molar-refractivity contribution in [2.75, 3.05) is 0 Å². The van der Waals surface area contributed by atoms with Crippen molar-refractivity contribution in [3.63, 3.8) is 0 Å². The summed E-state index contributed by atoms with van der Waals surface area (Å²) in [6, 6.07) is 65.9. The Bertz CT molecular complexity index is 3400. The highest BCUT2D eigenvalue weighted by atomic mass is 15.0. The molecular weight excluding hydrogens is 671 g/mol. The zero-order chi connectivity index (χ0) is 36.6. The molecule has 0 fully saturated rings. The van der Waals surface area contributed by atoms with Gasteiger partial charge >= 0.3 is 0 Å². The quantitative estimate of drug-likeness (QED) is 0.184. The first-order chi connectivity index (χ1) is 27.2. The Morgan fingerprint density at radius 2 is 0.818 bits per heavy atom. The van der Waals surface area contributed by atoms with Gasteiger partial charge in [-0.25, -0.2) is 0 Å². The van der Waals surface area contributed by atoms with Gasteiger partial charge in [0.05, 0.1) is 56.0 Å². The first kappa shape index (κ1) is 30.7. The van der Waals surface area contributed by atoms with Crippen molar-refractivity contribution >= 4 is 65.4 Å². The van der Waals surface area contributed by atoms with E-state index in [0.717, 1.165) is 82.8 Å². The lowest BCUT2D eigenvalue weighted by Crippen LogP contribution is -1.99. The van der Waals surface area contributed by atoms with E-state index >= 15 is 0 Å². The van der Waals surface area contributed by atoms with E-state index < -0.39 is 0 Å². The highest BCUT2D eigenvalue weighted by Gasteiger charge is 2.19. The minimum atomic E-state index is 0.595. The lowest BCUT2D eigenvalue weighted by molar-refractivity contribution is 1.15. The van der Waals surface area contributed by atoms with E-state index in [0.29, 0.717) is 11.1 Å². The molecule has 0 N–H and O–H groups in total. The van der Waals surface area contributed by atoms with Gasteiger partial charge in [0.25, 0.3) is 0 Å². The second-order valence-corrected chi connectivity index (χ2v) is 14.0. The van der Waals surface area contributed by atoms with Gasteiger partial charge in [0.15, 0.2) is 0 Å². The molecule has 0 aliphatic heterocycles. The lowest BCUT2D eigenvalue weighted by atomic mass is 10.0. The molecule has 5 heteroatoms. The molecule has 0 bridgehead atoms. The molecule has 0 amide bonds. The number of fused-ring (bicyclic) bond motifs is 9. The Labute approximate surface area is 316 Å². The molecule has 8 aromatic carbocycles. The Morgan fingerprint density at radius 3 is 1.45 bits per heavy atom. The molecule has 3 heterocycles. The summed E-state index contributed by atoms with van der Waals surface area (Å²) in [6.07, 6.45) is 0. The number of hydrogen-bond donors (Lipinski definition) is 0. The largest absolute Gasteiger partial charge is 0.309 e. The molecule has 55 heavy (non-hydrogen) atoms. The number of rotatable bonds is 4. The predicted molar refractivity (Wildman–Crippen MR) is 224 cm³/mol. The fourth-order valence-electron chi connectivity index (χ4n) is 8.75. The number of para-hydroxylation sites is 4. The second kappa shape index (κ2) is 11.8. The molecule has 0 radical (unpaired) electrons. The number of hydrogen-bond acceptors (Lipinski definition) is 2. The van der Waals surface area contributed by atoms with E-state index in [9.17, 15) is 10.5 Å². The summed E-state index contributed by atoms with van der Waals surface area (Å²) in [5.41, 5.74) is 12.6. The molecule has 254 valence electrons. The summed E-state index contributed by atoms with van der Waals surface area (Å²) >= 11 is 0. The molecule has 5 nitrogen and oxygen atoms in total. The van der Waals surface area contributed by atoms with Crippen LogP contribution < -0.4 is 0 Å². The van der Waals surface area contributed by atoms with E-state index in [4.69, 9.17) is 0 Å². The zero-order valence-corrected chi connectivity index (χ0v) is 29.5. The van der Waals surface area contributed by atoms with Crippen LogP contribution in [0.1, 0.15) is 11.1 Å². The smallest absolute Gasteiger partial charge is 0.101 e. The maximum absolute atomic E-state index is 10.7. The van der Waals surface area contributed by atoms with Crippen LogP contribution in [0.3, 0.4) is 0 Å². The van der Waals surface area contributed by atoms with E-state index in [1.54, 1.807) is 0 Å². The normalized spacial score (nSPS) is 11.6. The van der Waals surface area contributed by atoms with Crippen LogP contribution in [0.15, 0.2) is 176 Å². The van der Waals surface area contributed by atoms with Gasteiger partial charge in [-0.15, -0.1) is 0 Å². The summed E-state index contributed by atoms with van der Waals surface area (Å²) in [5, 5.41) is 27.3. The minimum absolute atomic E-state index is 0.595. The summed E-state index contributed by atoms with van der Waals surface area (Å²) in [6.45, 7) is 0. The number of aromatic nitrogens is 3. The molecule has 3 aromatic heterocycles. The van der Waals surface area contributed by atoms with Gasteiger partial charge in [-0.05, 0) is 83.9 Å². The van der Waals surface area contributed by atoms with Crippen LogP contribution in [0, 0.1) is 22.7 Å². The van der Waals surface area contributed by atoms with Crippen LogP contribution in [-0.2, 0) is 0 Å². The van der Waals surface area contributed by atoms with Crippen LogP contribution in [0.5, 0.6) is 0 Å². The molecule has 0 atom stereocenters.